The Morgan fingerprint density at radius 2 is 1.82 bits per heavy atom. The van der Waals surface area contributed by atoms with E-state index < -0.39 is 5.97 Å². The van der Waals surface area contributed by atoms with E-state index in [1.54, 1.807) is 49.1 Å². The summed E-state index contributed by atoms with van der Waals surface area (Å²) >= 11 is 0. The summed E-state index contributed by atoms with van der Waals surface area (Å²) in [5.41, 5.74) is 3.05. The summed E-state index contributed by atoms with van der Waals surface area (Å²) < 4.78 is 26.3. The number of esters is 1. The van der Waals surface area contributed by atoms with E-state index in [1.807, 2.05) is 11.5 Å². The highest BCUT2D eigenvalue weighted by Crippen LogP contribution is 2.24. The minimum Gasteiger partial charge on any atom is -0.459 e. The van der Waals surface area contributed by atoms with E-state index in [1.165, 1.54) is 12.3 Å². The van der Waals surface area contributed by atoms with Crippen LogP contribution in [0.5, 0.6) is 0 Å². The number of aromatic nitrogens is 1. The second kappa shape index (κ2) is 9.67. The number of piperidine rings is 1. The van der Waals surface area contributed by atoms with Crippen molar-refractivity contribution < 1.29 is 27.9 Å². The number of hydrogen-bond donors (Lipinski definition) is 0. The molecule has 1 aliphatic rings. The van der Waals surface area contributed by atoms with Crippen LogP contribution in [0, 0.1) is 32.5 Å². The van der Waals surface area contributed by atoms with Crippen LogP contribution in [0.3, 0.4) is 0 Å². The number of halogens is 1. The van der Waals surface area contributed by atoms with E-state index in [9.17, 15) is 18.8 Å². The van der Waals surface area contributed by atoms with Gasteiger partial charge in [0.1, 0.15) is 5.82 Å². The maximum Gasteiger partial charge on any atom is 0.309 e. The highest BCUT2D eigenvalue weighted by Gasteiger charge is 2.30. The zero-order chi connectivity index (χ0) is 24.4. The third-order valence-corrected chi connectivity index (χ3v) is 6.34. The van der Waals surface area contributed by atoms with Crippen molar-refractivity contribution in [1.82, 2.24) is 9.47 Å². The zero-order valence-corrected chi connectivity index (χ0v) is 19.5. The largest absolute Gasteiger partial charge is 0.459 e. The number of hydrogen-bond acceptors (Lipinski definition) is 5. The van der Waals surface area contributed by atoms with Crippen molar-refractivity contribution in [3.63, 3.8) is 0 Å². The fourth-order valence-electron chi connectivity index (χ4n) is 4.37. The highest BCUT2D eigenvalue weighted by molar-refractivity contribution is 5.99. The van der Waals surface area contributed by atoms with Gasteiger partial charge in [0.25, 0.3) is 5.91 Å². The van der Waals surface area contributed by atoms with Gasteiger partial charge < -0.3 is 18.6 Å². The highest BCUT2D eigenvalue weighted by atomic mass is 19.1. The number of amides is 1. The third kappa shape index (κ3) is 4.66. The topological polar surface area (TPSA) is 81.8 Å². The molecule has 34 heavy (non-hydrogen) atoms. The van der Waals surface area contributed by atoms with Gasteiger partial charge in [0.05, 0.1) is 12.2 Å². The molecule has 1 amide bonds. The number of Topliss-reactive ketones (excluding diaryl/α,β-unsaturated/α-hetero) is 1. The number of carbonyl (C=O) groups is 3. The lowest BCUT2D eigenvalue weighted by Crippen LogP contribution is -2.40. The number of ether oxygens (including phenoxy) is 1. The van der Waals surface area contributed by atoms with Gasteiger partial charge in [-0.25, -0.2) is 4.39 Å². The van der Waals surface area contributed by atoms with Crippen molar-refractivity contribution in [3.8, 4) is 5.69 Å². The quantitative estimate of drug-likeness (QED) is 0.397. The summed E-state index contributed by atoms with van der Waals surface area (Å²) in [4.78, 5) is 39.4. The van der Waals surface area contributed by atoms with E-state index in [4.69, 9.17) is 9.15 Å². The summed E-state index contributed by atoms with van der Waals surface area (Å²) in [6.07, 6.45) is 2.38. The number of aryl methyl sites for hydroxylation is 2. The van der Waals surface area contributed by atoms with Crippen molar-refractivity contribution in [3.05, 3.63) is 76.8 Å². The Morgan fingerprint density at radius 1 is 1.09 bits per heavy atom. The van der Waals surface area contributed by atoms with Crippen LogP contribution in [0.15, 0.2) is 47.1 Å². The van der Waals surface area contributed by atoms with Crippen molar-refractivity contribution in [2.24, 2.45) is 5.92 Å². The molecule has 0 unspecified atom stereocenters. The van der Waals surface area contributed by atoms with Crippen LogP contribution in [-0.4, -0.2) is 46.8 Å². The van der Waals surface area contributed by atoms with Crippen LogP contribution in [0.1, 0.15) is 50.7 Å². The number of likely N-dealkylation sites (tertiary alicyclic amines) is 1. The van der Waals surface area contributed by atoms with Gasteiger partial charge in [0.2, 0.25) is 5.78 Å². The number of rotatable bonds is 6. The van der Waals surface area contributed by atoms with Crippen molar-refractivity contribution in [2.75, 3.05) is 19.7 Å². The molecule has 0 bridgehead atoms. The van der Waals surface area contributed by atoms with Gasteiger partial charge in [-0.1, -0.05) is 6.07 Å². The summed E-state index contributed by atoms with van der Waals surface area (Å²) in [6.45, 7) is 5.79. The molecule has 0 saturated carbocycles. The van der Waals surface area contributed by atoms with Gasteiger partial charge in [-0.3, -0.25) is 14.4 Å². The summed E-state index contributed by atoms with van der Waals surface area (Å²) in [7, 11) is 0. The molecule has 0 atom stereocenters. The van der Waals surface area contributed by atoms with Gasteiger partial charge in [-0.15, -0.1) is 0 Å². The monoisotopic (exact) mass is 466 g/mol. The molecule has 1 aromatic carbocycles. The van der Waals surface area contributed by atoms with Gasteiger partial charge in [0, 0.05) is 35.7 Å². The predicted molar refractivity (Wildman–Crippen MR) is 123 cm³/mol. The van der Waals surface area contributed by atoms with Gasteiger partial charge in [0.15, 0.2) is 12.4 Å². The molecular weight excluding hydrogens is 439 g/mol. The predicted octanol–water partition coefficient (Wildman–Crippen LogP) is 4.41. The summed E-state index contributed by atoms with van der Waals surface area (Å²) in [5.74, 6) is -1.35. The average Bonchev–Trinajstić information content (AvgIpc) is 3.47. The maximum atomic E-state index is 14.1. The average molecular weight is 467 g/mol. The minimum absolute atomic E-state index is 0.198. The lowest BCUT2D eigenvalue weighted by atomic mass is 9.97. The number of benzene rings is 1. The number of ketones is 1. The molecule has 1 aliphatic heterocycles. The lowest BCUT2D eigenvalue weighted by Gasteiger charge is -2.30. The molecule has 2 aromatic heterocycles. The molecule has 7 nitrogen and oxygen atoms in total. The van der Waals surface area contributed by atoms with Crippen LogP contribution >= 0.6 is 0 Å². The molecule has 1 fully saturated rings. The fraction of sp³-hybridized carbons (Fsp3) is 0.346. The first-order valence-corrected chi connectivity index (χ1v) is 11.2. The summed E-state index contributed by atoms with van der Waals surface area (Å²) in [6, 6.07) is 9.93. The van der Waals surface area contributed by atoms with Gasteiger partial charge in [-0.05, 0) is 69.5 Å². The Labute approximate surface area is 197 Å². The molecule has 1 saturated heterocycles. The molecule has 0 radical (unpaired) electrons. The zero-order valence-electron chi connectivity index (χ0n) is 19.5. The first kappa shape index (κ1) is 23.5. The van der Waals surface area contributed by atoms with E-state index in [2.05, 4.69) is 0 Å². The van der Waals surface area contributed by atoms with Crippen LogP contribution < -0.4 is 0 Å². The van der Waals surface area contributed by atoms with Crippen LogP contribution in [0.2, 0.25) is 0 Å². The second-order valence-electron chi connectivity index (χ2n) is 8.63. The molecule has 3 heterocycles. The Bertz CT molecular complexity index is 1220. The van der Waals surface area contributed by atoms with E-state index in [-0.39, 0.29) is 35.8 Å². The Hall–Kier alpha value is -3.68. The minimum atomic E-state index is -0.437. The maximum absolute atomic E-state index is 14.1. The number of nitrogens with zero attached hydrogens (tertiary/aromatic N) is 2. The van der Waals surface area contributed by atoms with Crippen molar-refractivity contribution in [2.45, 2.75) is 33.6 Å². The van der Waals surface area contributed by atoms with Crippen LogP contribution in [0.25, 0.3) is 5.69 Å². The molecule has 0 spiro atoms. The van der Waals surface area contributed by atoms with E-state index in [0.29, 0.717) is 48.4 Å². The molecule has 8 heteroatoms. The number of carbonyl (C=O) groups excluding carboxylic acids is 3. The molecule has 0 N–H and O–H groups in total. The third-order valence-electron chi connectivity index (χ3n) is 6.34. The Balaban J connectivity index is 1.35. The standard InChI is InChI=1S/C26H27FN2O5/c1-16-6-7-20(14-22(16)27)29-17(2)13-21(18(29)3)23(30)15-34-26(32)19-8-10-28(11-9-19)25(31)24-5-4-12-33-24/h4-7,12-14,19H,8-11,15H2,1-3H3. The van der Waals surface area contributed by atoms with Crippen molar-refractivity contribution in [1.29, 1.82) is 0 Å². The van der Waals surface area contributed by atoms with Gasteiger partial charge >= 0.3 is 5.97 Å². The Kier molecular flexibility index (Phi) is 6.68. The fourth-order valence-corrected chi connectivity index (χ4v) is 4.37. The summed E-state index contributed by atoms with van der Waals surface area (Å²) in [5, 5.41) is 0. The second-order valence-corrected chi connectivity index (χ2v) is 8.63. The smallest absolute Gasteiger partial charge is 0.309 e. The van der Waals surface area contributed by atoms with E-state index >= 15 is 0 Å². The molecular formula is C26H27FN2O5. The lowest BCUT2D eigenvalue weighted by molar-refractivity contribution is -0.148. The van der Waals surface area contributed by atoms with Crippen molar-refractivity contribution >= 4 is 17.7 Å². The van der Waals surface area contributed by atoms with Crippen LogP contribution in [0.4, 0.5) is 4.39 Å². The Morgan fingerprint density at radius 3 is 2.47 bits per heavy atom. The molecule has 3 aromatic rings. The SMILES string of the molecule is Cc1ccc(-n2c(C)cc(C(=O)COC(=O)C3CCN(C(=O)c4ccco4)CC3)c2C)cc1F. The normalized spacial score (nSPS) is 14.3. The van der Waals surface area contributed by atoms with Crippen LogP contribution in [-0.2, 0) is 9.53 Å². The molecule has 4 rings (SSSR count). The first-order chi connectivity index (χ1) is 16.3. The number of furan rings is 1. The van der Waals surface area contributed by atoms with E-state index in [0.717, 1.165) is 5.69 Å². The van der Waals surface area contributed by atoms with Gasteiger partial charge in [-0.2, -0.15) is 0 Å². The molecule has 178 valence electrons. The first-order valence-electron chi connectivity index (χ1n) is 11.2. The molecule has 0 aliphatic carbocycles.